The fourth-order valence-electron chi connectivity index (χ4n) is 1.66. The SMILES string of the molecule is CC(C)COc1ccc(/C=N\Nc2ccccc2)cc1Br. The first-order valence-electron chi connectivity index (χ1n) is 6.91. The molecular formula is C17H19BrN2O. The van der Waals surface area contributed by atoms with Crippen molar-refractivity contribution in [2.24, 2.45) is 11.0 Å². The average molecular weight is 347 g/mol. The van der Waals surface area contributed by atoms with E-state index in [1.165, 1.54) is 0 Å². The van der Waals surface area contributed by atoms with E-state index in [-0.39, 0.29) is 0 Å². The zero-order chi connectivity index (χ0) is 15.1. The van der Waals surface area contributed by atoms with Crippen LogP contribution in [-0.2, 0) is 0 Å². The number of nitrogens with one attached hydrogen (secondary N) is 1. The van der Waals surface area contributed by atoms with Gasteiger partial charge in [0.1, 0.15) is 5.75 Å². The number of rotatable bonds is 6. The predicted octanol–water partition coefficient (Wildman–Crippen LogP) is 4.93. The third-order valence-electron chi connectivity index (χ3n) is 2.71. The topological polar surface area (TPSA) is 33.6 Å². The van der Waals surface area contributed by atoms with Crippen molar-refractivity contribution in [2.75, 3.05) is 12.0 Å². The molecule has 0 radical (unpaired) electrons. The van der Waals surface area contributed by atoms with Gasteiger partial charge < -0.3 is 4.74 Å². The highest BCUT2D eigenvalue weighted by Crippen LogP contribution is 2.26. The van der Waals surface area contributed by atoms with E-state index in [1.807, 2.05) is 48.5 Å². The van der Waals surface area contributed by atoms with E-state index in [4.69, 9.17) is 4.74 Å². The molecule has 2 aromatic carbocycles. The Hall–Kier alpha value is -1.81. The minimum atomic E-state index is 0.508. The third-order valence-corrected chi connectivity index (χ3v) is 3.33. The Kier molecular flexibility index (Phi) is 5.81. The third kappa shape index (κ3) is 5.23. The van der Waals surface area contributed by atoms with Crippen molar-refractivity contribution in [3.8, 4) is 5.75 Å². The largest absolute Gasteiger partial charge is 0.492 e. The smallest absolute Gasteiger partial charge is 0.133 e. The van der Waals surface area contributed by atoms with Gasteiger partial charge in [0.05, 0.1) is 23.0 Å². The number of para-hydroxylation sites is 1. The van der Waals surface area contributed by atoms with Gasteiger partial charge in [0.2, 0.25) is 0 Å². The Morgan fingerprint density at radius 3 is 2.62 bits per heavy atom. The highest BCUT2D eigenvalue weighted by Gasteiger charge is 2.03. The summed E-state index contributed by atoms with van der Waals surface area (Å²) < 4.78 is 6.66. The van der Waals surface area contributed by atoms with Gasteiger partial charge >= 0.3 is 0 Å². The van der Waals surface area contributed by atoms with Crippen molar-refractivity contribution in [1.29, 1.82) is 0 Å². The van der Waals surface area contributed by atoms with E-state index >= 15 is 0 Å². The molecule has 0 amide bonds. The number of ether oxygens (including phenoxy) is 1. The van der Waals surface area contributed by atoms with Crippen LogP contribution in [0.3, 0.4) is 0 Å². The van der Waals surface area contributed by atoms with Gasteiger partial charge in [-0.15, -0.1) is 0 Å². The Morgan fingerprint density at radius 2 is 1.95 bits per heavy atom. The lowest BCUT2D eigenvalue weighted by Gasteiger charge is -2.10. The summed E-state index contributed by atoms with van der Waals surface area (Å²) in [5.41, 5.74) is 4.95. The van der Waals surface area contributed by atoms with E-state index in [9.17, 15) is 0 Å². The second-order valence-corrected chi connectivity index (χ2v) is 5.99. The average Bonchev–Trinajstić information content (AvgIpc) is 2.47. The van der Waals surface area contributed by atoms with Gasteiger partial charge in [-0.2, -0.15) is 5.10 Å². The summed E-state index contributed by atoms with van der Waals surface area (Å²) in [5.74, 6) is 1.37. The molecule has 0 aliphatic rings. The van der Waals surface area contributed by atoms with Crippen molar-refractivity contribution in [3.05, 3.63) is 58.6 Å². The van der Waals surface area contributed by atoms with E-state index in [0.29, 0.717) is 12.5 Å². The Labute approximate surface area is 134 Å². The van der Waals surface area contributed by atoms with Gasteiger partial charge in [-0.25, -0.2) is 0 Å². The summed E-state index contributed by atoms with van der Waals surface area (Å²) in [5, 5.41) is 4.22. The zero-order valence-electron chi connectivity index (χ0n) is 12.2. The lowest BCUT2D eigenvalue weighted by atomic mass is 10.2. The summed E-state index contributed by atoms with van der Waals surface area (Å²) in [6.45, 7) is 4.97. The van der Waals surface area contributed by atoms with Crippen LogP contribution in [-0.4, -0.2) is 12.8 Å². The van der Waals surface area contributed by atoms with Crippen LogP contribution in [0.1, 0.15) is 19.4 Å². The zero-order valence-corrected chi connectivity index (χ0v) is 13.8. The highest BCUT2D eigenvalue weighted by molar-refractivity contribution is 9.10. The van der Waals surface area contributed by atoms with Crippen LogP contribution in [0.15, 0.2) is 58.1 Å². The number of anilines is 1. The predicted molar refractivity (Wildman–Crippen MR) is 92.1 cm³/mol. The molecule has 4 heteroatoms. The number of hydrogen-bond donors (Lipinski definition) is 1. The Morgan fingerprint density at radius 1 is 1.19 bits per heavy atom. The molecule has 1 N–H and O–H groups in total. The minimum Gasteiger partial charge on any atom is -0.492 e. The molecule has 0 aliphatic carbocycles. The molecule has 0 saturated carbocycles. The first-order chi connectivity index (χ1) is 10.1. The van der Waals surface area contributed by atoms with Crippen LogP contribution < -0.4 is 10.2 Å². The lowest BCUT2D eigenvalue weighted by molar-refractivity contribution is 0.269. The molecule has 0 atom stereocenters. The molecule has 0 saturated heterocycles. The second kappa shape index (κ2) is 7.84. The van der Waals surface area contributed by atoms with E-state index in [0.717, 1.165) is 21.5 Å². The van der Waals surface area contributed by atoms with Gasteiger partial charge in [0.15, 0.2) is 0 Å². The van der Waals surface area contributed by atoms with Crippen LogP contribution in [0.4, 0.5) is 5.69 Å². The van der Waals surface area contributed by atoms with Crippen LogP contribution in [0.25, 0.3) is 0 Å². The minimum absolute atomic E-state index is 0.508. The number of hydrogen-bond acceptors (Lipinski definition) is 3. The molecule has 0 unspecified atom stereocenters. The molecule has 2 aromatic rings. The van der Waals surface area contributed by atoms with E-state index < -0.39 is 0 Å². The fraction of sp³-hybridized carbons (Fsp3) is 0.235. The van der Waals surface area contributed by atoms with Gasteiger partial charge in [-0.1, -0.05) is 32.0 Å². The molecule has 0 aromatic heterocycles. The van der Waals surface area contributed by atoms with Gasteiger partial charge in [0, 0.05) is 0 Å². The first-order valence-corrected chi connectivity index (χ1v) is 7.71. The molecule has 0 spiro atoms. The summed E-state index contributed by atoms with van der Waals surface area (Å²) in [7, 11) is 0. The monoisotopic (exact) mass is 346 g/mol. The number of hydrazone groups is 1. The molecule has 3 nitrogen and oxygen atoms in total. The molecule has 110 valence electrons. The van der Waals surface area contributed by atoms with Gasteiger partial charge in [-0.3, -0.25) is 5.43 Å². The number of halogens is 1. The molecule has 0 bridgehead atoms. The maximum absolute atomic E-state index is 5.72. The Bertz CT molecular complexity index is 597. The second-order valence-electron chi connectivity index (χ2n) is 5.13. The summed E-state index contributed by atoms with van der Waals surface area (Å²) in [4.78, 5) is 0. The molecule has 2 rings (SSSR count). The normalized spacial score (nSPS) is 11.0. The molecule has 0 aliphatic heterocycles. The molecule has 0 heterocycles. The maximum atomic E-state index is 5.72. The molecule has 21 heavy (non-hydrogen) atoms. The highest BCUT2D eigenvalue weighted by atomic mass is 79.9. The Balaban J connectivity index is 1.96. The standard InChI is InChI=1S/C17H19BrN2O/c1-13(2)12-21-17-9-8-14(10-16(17)18)11-19-20-15-6-4-3-5-7-15/h3-11,13,20H,12H2,1-2H3/b19-11-. The number of benzene rings is 2. The van der Waals surface area contributed by atoms with Crippen molar-refractivity contribution >= 4 is 27.8 Å². The van der Waals surface area contributed by atoms with E-state index in [1.54, 1.807) is 6.21 Å². The lowest BCUT2D eigenvalue weighted by Crippen LogP contribution is -2.04. The summed E-state index contributed by atoms with van der Waals surface area (Å²) in [6.07, 6.45) is 1.78. The quantitative estimate of drug-likeness (QED) is 0.594. The maximum Gasteiger partial charge on any atom is 0.133 e. The summed E-state index contributed by atoms with van der Waals surface area (Å²) >= 11 is 3.53. The van der Waals surface area contributed by atoms with Crippen LogP contribution in [0.2, 0.25) is 0 Å². The molecular weight excluding hydrogens is 328 g/mol. The summed E-state index contributed by atoms with van der Waals surface area (Å²) in [6, 6.07) is 15.8. The van der Waals surface area contributed by atoms with Gasteiger partial charge in [0.25, 0.3) is 0 Å². The van der Waals surface area contributed by atoms with E-state index in [2.05, 4.69) is 40.3 Å². The van der Waals surface area contributed by atoms with Crippen LogP contribution in [0, 0.1) is 5.92 Å². The van der Waals surface area contributed by atoms with Crippen molar-refractivity contribution in [3.63, 3.8) is 0 Å². The fourth-order valence-corrected chi connectivity index (χ4v) is 2.18. The van der Waals surface area contributed by atoms with Crippen molar-refractivity contribution < 1.29 is 4.74 Å². The van der Waals surface area contributed by atoms with Crippen LogP contribution >= 0.6 is 15.9 Å². The van der Waals surface area contributed by atoms with Crippen molar-refractivity contribution in [2.45, 2.75) is 13.8 Å². The van der Waals surface area contributed by atoms with Crippen molar-refractivity contribution in [1.82, 2.24) is 0 Å². The van der Waals surface area contributed by atoms with Crippen LogP contribution in [0.5, 0.6) is 5.75 Å². The molecule has 0 fully saturated rings. The van der Waals surface area contributed by atoms with Gasteiger partial charge in [-0.05, 0) is 57.7 Å². The number of nitrogens with zero attached hydrogens (tertiary/aromatic N) is 1. The first kappa shape index (κ1) is 15.6.